The quantitative estimate of drug-likeness (QED) is 0.731. The lowest BCUT2D eigenvalue weighted by molar-refractivity contribution is -0.309. The number of aliphatic carboxylic acids is 1. The van der Waals surface area contributed by atoms with Gasteiger partial charge in [0.25, 0.3) is 5.91 Å². The molecule has 124 valence electrons. The van der Waals surface area contributed by atoms with E-state index in [9.17, 15) is 23.9 Å². The van der Waals surface area contributed by atoms with E-state index in [1.807, 2.05) is 0 Å². The van der Waals surface area contributed by atoms with Gasteiger partial charge in [-0.2, -0.15) is 0 Å². The van der Waals surface area contributed by atoms with Crippen molar-refractivity contribution < 1.29 is 23.9 Å². The summed E-state index contributed by atoms with van der Waals surface area (Å²) in [4.78, 5) is 34.5. The van der Waals surface area contributed by atoms with Gasteiger partial charge in [-0.1, -0.05) is 26.0 Å². The predicted molar refractivity (Wildman–Crippen MR) is 80.0 cm³/mol. The molecular formula is C16H18FN2O4-. The fourth-order valence-corrected chi connectivity index (χ4v) is 1.79. The highest BCUT2D eigenvalue weighted by Gasteiger charge is 2.20. The Kier molecular flexibility index (Phi) is 6.44. The third-order valence-corrected chi connectivity index (χ3v) is 2.94. The second-order valence-corrected chi connectivity index (χ2v) is 5.30. The van der Waals surface area contributed by atoms with Gasteiger partial charge in [0.1, 0.15) is 11.5 Å². The molecule has 2 N–H and O–H groups in total. The summed E-state index contributed by atoms with van der Waals surface area (Å²) in [6.45, 7) is 4.44. The van der Waals surface area contributed by atoms with Gasteiger partial charge in [-0.05, 0) is 29.7 Å². The van der Waals surface area contributed by atoms with E-state index in [1.165, 1.54) is 37.3 Å². The van der Waals surface area contributed by atoms with E-state index in [4.69, 9.17) is 0 Å². The number of halogens is 1. The zero-order valence-electron chi connectivity index (χ0n) is 13.1. The van der Waals surface area contributed by atoms with E-state index >= 15 is 0 Å². The van der Waals surface area contributed by atoms with Crippen LogP contribution in [0.1, 0.15) is 26.3 Å². The first-order valence-electron chi connectivity index (χ1n) is 6.97. The maximum atomic E-state index is 12.9. The van der Waals surface area contributed by atoms with Crippen molar-refractivity contribution in [1.29, 1.82) is 0 Å². The molecule has 2 amide bonds. The maximum absolute atomic E-state index is 12.9. The van der Waals surface area contributed by atoms with Crippen molar-refractivity contribution >= 4 is 23.9 Å². The molecule has 1 aromatic carbocycles. The van der Waals surface area contributed by atoms with Crippen LogP contribution in [-0.2, 0) is 14.4 Å². The minimum atomic E-state index is -1.42. The molecule has 6 nitrogen and oxygen atoms in total. The second kappa shape index (κ2) is 8.07. The first kappa shape index (κ1) is 18.3. The van der Waals surface area contributed by atoms with Gasteiger partial charge in [0.15, 0.2) is 0 Å². The smallest absolute Gasteiger partial charge is 0.268 e. The minimum absolute atomic E-state index is 0.143. The van der Waals surface area contributed by atoms with Crippen LogP contribution in [0.15, 0.2) is 30.0 Å². The first-order chi connectivity index (χ1) is 10.7. The summed E-state index contributed by atoms with van der Waals surface area (Å²) >= 11 is 0. The van der Waals surface area contributed by atoms with Crippen LogP contribution in [0.3, 0.4) is 0 Å². The monoisotopic (exact) mass is 321 g/mol. The number of hydrogen-bond acceptors (Lipinski definition) is 4. The Hall–Kier alpha value is -2.70. The minimum Gasteiger partial charge on any atom is -0.548 e. The number of hydrogen-bond donors (Lipinski definition) is 2. The summed E-state index contributed by atoms with van der Waals surface area (Å²) in [6.07, 6.45) is 1.32. The van der Waals surface area contributed by atoms with Crippen LogP contribution >= 0.6 is 0 Å². The predicted octanol–water partition coefficient (Wildman–Crippen LogP) is 0.193. The average molecular weight is 321 g/mol. The van der Waals surface area contributed by atoms with Crippen LogP contribution < -0.4 is 15.7 Å². The molecule has 0 aliphatic rings. The normalized spacial score (nSPS) is 12.7. The van der Waals surface area contributed by atoms with Crippen LogP contribution in [0.25, 0.3) is 6.08 Å². The van der Waals surface area contributed by atoms with Crippen molar-refractivity contribution in [1.82, 2.24) is 10.6 Å². The van der Waals surface area contributed by atoms with Gasteiger partial charge in [-0.3, -0.25) is 9.59 Å². The number of carboxylic acid groups (broad SMARTS) is 1. The van der Waals surface area contributed by atoms with Crippen LogP contribution in [0, 0.1) is 11.7 Å². The Morgan fingerprint density at radius 1 is 1.17 bits per heavy atom. The standard InChI is InChI=1S/C16H19FN2O4/c1-9(2)14(16(22)23)19-15(21)13(18-10(3)20)8-11-4-6-12(17)7-5-11/h4-9,14H,1-3H3,(H,18,20)(H,19,21)(H,22,23)/p-1. The fourth-order valence-electron chi connectivity index (χ4n) is 1.79. The van der Waals surface area contributed by atoms with Gasteiger partial charge in [-0.15, -0.1) is 0 Å². The summed E-state index contributed by atoms with van der Waals surface area (Å²) in [5.41, 5.74) is 0.329. The molecular weight excluding hydrogens is 303 g/mol. The highest BCUT2D eigenvalue weighted by atomic mass is 19.1. The molecule has 1 aromatic rings. The van der Waals surface area contributed by atoms with Crippen molar-refractivity contribution in [2.75, 3.05) is 0 Å². The lowest BCUT2D eigenvalue weighted by Crippen LogP contribution is -2.52. The molecule has 0 bridgehead atoms. The topological polar surface area (TPSA) is 98.3 Å². The molecule has 0 saturated heterocycles. The van der Waals surface area contributed by atoms with Gasteiger partial charge in [0.05, 0.1) is 12.0 Å². The van der Waals surface area contributed by atoms with Gasteiger partial charge in [-0.25, -0.2) is 4.39 Å². The number of carboxylic acids is 1. The number of rotatable bonds is 6. The van der Waals surface area contributed by atoms with Crippen LogP contribution in [0.4, 0.5) is 4.39 Å². The summed E-state index contributed by atoms with van der Waals surface area (Å²) in [5.74, 6) is -3.52. The van der Waals surface area contributed by atoms with E-state index in [0.29, 0.717) is 5.56 Å². The number of amides is 2. The lowest BCUT2D eigenvalue weighted by Gasteiger charge is -2.23. The summed E-state index contributed by atoms with van der Waals surface area (Å²) in [7, 11) is 0. The molecule has 0 aliphatic heterocycles. The molecule has 0 fully saturated rings. The van der Waals surface area contributed by atoms with Gasteiger partial charge >= 0.3 is 0 Å². The molecule has 1 unspecified atom stereocenters. The number of nitrogens with one attached hydrogen (secondary N) is 2. The van der Waals surface area contributed by atoms with Crippen molar-refractivity contribution in [2.45, 2.75) is 26.8 Å². The number of carbonyl (C=O) groups is 3. The summed E-state index contributed by atoms with van der Waals surface area (Å²) < 4.78 is 12.9. The fraction of sp³-hybridized carbons (Fsp3) is 0.312. The maximum Gasteiger partial charge on any atom is 0.268 e. The number of carbonyl (C=O) groups excluding carboxylic acids is 3. The Morgan fingerprint density at radius 2 is 1.74 bits per heavy atom. The van der Waals surface area contributed by atoms with Crippen molar-refractivity contribution in [3.63, 3.8) is 0 Å². The Labute approximate surface area is 133 Å². The van der Waals surface area contributed by atoms with Crippen LogP contribution in [0.2, 0.25) is 0 Å². The van der Waals surface area contributed by atoms with Gasteiger partial charge in [0, 0.05) is 6.92 Å². The van der Waals surface area contributed by atoms with Crippen molar-refractivity contribution in [3.05, 3.63) is 41.3 Å². The van der Waals surface area contributed by atoms with E-state index in [-0.39, 0.29) is 5.70 Å². The molecule has 0 spiro atoms. The molecule has 0 aromatic heterocycles. The average Bonchev–Trinajstić information content (AvgIpc) is 2.44. The van der Waals surface area contributed by atoms with Crippen LogP contribution in [-0.4, -0.2) is 23.8 Å². The van der Waals surface area contributed by atoms with Gasteiger partial charge in [0.2, 0.25) is 5.91 Å². The lowest BCUT2D eigenvalue weighted by atomic mass is 10.0. The molecule has 7 heteroatoms. The number of benzene rings is 1. The molecule has 0 saturated carbocycles. The van der Waals surface area contributed by atoms with Crippen molar-refractivity contribution in [2.24, 2.45) is 5.92 Å². The largest absolute Gasteiger partial charge is 0.548 e. The van der Waals surface area contributed by atoms with Crippen molar-refractivity contribution in [3.8, 4) is 0 Å². The van der Waals surface area contributed by atoms with E-state index < -0.39 is 35.6 Å². The highest BCUT2D eigenvalue weighted by Crippen LogP contribution is 2.09. The SMILES string of the molecule is CC(=O)NC(=Cc1ccc(F)cc1)C(=O)NC(C(=O)[O-])C(C)C. The zero-order valence-corrected chi connectivity index (χ0v) is 13.1. The zero-order chi connectivity index (χ0) is 17.6. The Morgan fingerprint density at radius 3 is 2.17 bits per heavy atom. The molecule has 0 aliphatic carbocycles. The van der Waals surface area contributed by atoms with Crippen LogP contribution in [0.5, 0.6) is 0 Å². The first-order valence-corrected chi connectivity index (χ1v) is 6.97. The molecule has 0 radical (unpaired) electrons. The van der Waals surface area contributed by atoms with E-state index in [2.05, 4.69) is 10.6 Å². The Bertz CT molecular complexity index is 623. The van der Waals surface area contributed by atoms with E-state index in [1.54, 1.807) is 13.8 Å². The molecule has 1 atom stereocenters. The summed E-state index contributed by atoms with van der Waals surface area (Å²) in [6, 6.07) is 4.04. The molecule has 0 heterocycles. The highest BCUT2D eigenvalue weighted by molar-refractivity contribution is 6.02. The molecule has 23 heavy (non-hydrogen) atoms. The molecule has 1 rings (SSSR count). The van der Waals surface area contributed by atoms with Gasteiger partial charge < -0.3 is 20.5 Å². The third-order valence-electron chi connectivity index (χ3n) is 2.94. The third kappa shape index (κ3) is 5.90. The Balaban J connectivity index is 3.05. The summed E-state index contributed by atoms with van der Waals surface area (Å²) in [5, 5.41) is 15.7. The second-order valence-electron chi connectivity index (χ2n) is 5.30. The van der Waals surface area contributed by atoms with E-state index in [0.717, 1.165) is 0 Å².